The van der Waals surface area contributed by atoms with E-state index in [0.29, 0.717) is 0 Å². The average Bonchev–Trinajstić information content (AvgIpc) is 2.34. The molecule has 0 saturated heterocycles. The Bertz CT molecular complexity index is 464. The minimum Gasteiger partial charge on any atom is -0.854 e. The van der Waals surface area contributed by atoms with Crippen LogP contribution in [-0.2, 0) is 103 Å². The average molecular weight is 679 g/mol. The van der Waals surface area contributed by atoms with Crippen LogP contribution < -0.4 is 19.6 Å². The zero-order valence-electron chi connectivity index (χ0n) is 19.4. The number of rotatable bonds is 8. The zero-order valence-corrected chi connectivity index (χ0v) is 33.4. The van der Waals surface area contributed by atoms with E-state index in [2.05, 4.69) is 38.3 Å². The second-order valence-electron chi connectivity index (χ2n) is 6.88. The van der Waals surface area contributed by atoms with Crippen LogP contribution in [0.4, 0.5) is 0 Å². The van der Waals surface area contributed by atoms with E-state index in [0.717, 1.165) is 25.7 Å². The molecule has 0 radical (unpaired) electrons. The summed E-state index contributed by atoms with van der Waals surface area (Å²) in [6, 6.07) is 0. The fourth-order valence-corrected chi connectivity index (χ4v) is 19.8. The molecular formula is C16H36O4P2S4Zn3. The third-order valence-corrected chi connectivity index (χ3v) is 19.7. The Labute approximate surface area is 233 Å². The van der Waals surface area contributed by atoms with E-state index in [-0.39, 0.29) is 79.4 Å². The van der Waals surface area contributed by atoms with Crippen LogP contribution in [0.5, 0.6) is 0 Å². The summed E-state index contributed by atoms with van der Waals surface area (Å²) in [5, 5.41) is 0.737. The predicted octanol–water partition coefficient (Wildman–Crippen LogP) is 2.29. The minimum atomic E-state index is -3.56. The van der Waals surface area contributed by atoms with Crippen molar-refractivity contribution in [2.24, 2.45) is 0 Å². The Morgan fingerprint density at radius 1 is 0.621 bits per heavy atom. The first-order chi connectivity index (χ1) is 11.6. The second-order valence-corrected chi connectivity index (χ2v) is 23.2. The van der Waals surface area contributed by atoms with Gasteiger partial charge in [-0.3, -0.25) is 0 Å². The van der Waals surface area contributed by atoms with Crippen LogP contribution in [0.3, 0.4) is 0 Å². The molecule has 0 amide bonds. The summed E-state index contributed by atoms with van der Waals surface area (Å²) in [7, 11) is -1.25. The van der Waals surface area contributed by atoms with Gasteiger partial charge < -0.3 is 55.5 Å². The van der Waals surface area contributed by atoms with E-state index < -0.39 is 31.5 Å². The van der Waals surface area contributed by atoms with E-state index in [1.165, 1.54) is 0 Å². The summed E-state index contributed by atoms with van der Waals surface area (Å²) in [6.07, 6.45) is 3.94. The first-order valence-corrected chi connectivity index (χ1v) is 18.3. The molecule has 0 saturated carbocycles. The largest absolute Gasteiger partial charge is 2.00 e. The van der Waals surface area contributed by atoms with Crippen LogP contribution in [0.1, 0.15) is 81.1 Å². The Morgan fingerprint density at radius 2 is 0.828 bits per heavy atom. The molecule has 0 aliphatic rings. The van der Waals surface area contributed by atoms with Gasteiger partial charge in [0.05, 0.1) is 0 Å². The summed E-state index contributed by atoms with van der Waals surface area (Å²) in [5.74, 6) is 0. The van der Waals surface area contributed by atoms with Gasteiger partial charge in [-0.15, -0.1) is 0 Å². The van der Waals surface area contributed by atoms with Gasteiger partial charge in [-0.25, -0.2) is 20.1 Å². The van der Waals surface area contributed by atoms with E-state index in [1.807, 2.05) is 41.5 Å². The molecule has 0 aromatic heterocycles. The molecule has 0 rings (SSSR count). The summed E-state index contributed by atoms with van der Waals surface area (Å²) < 4.78 is 0. The molecule has 0 fully saturated rings. The molecule has 0 aliphatic heterocycles. The molecule has 0 N–H and O–H groups in total. The Balaban J connectivity index is -0.000000120. The third kappa shape index (κ3) is 19.9. The Morgan fingerprint density at radius 3 is 0.931 bits per heavy atom. The van der Waals surface area contributed by atoms with Crippen molar-refractivity contribution in [2.45, 2.75) is 102 Å². The van der Waals surface area contributed by atoms with Crippen molar-refractivity contribution in [1.82, 2.24) is 0 Å². The van der Waals surface area contributed by atoms with Gasteiger partial charge in [-0.2, -0.15) is 0 Å². The van der Waals surface area contributed by atoms with Crippen LogP contribution in [-0.4, -0.2) is 21.0 Å². The summed E-state index contributed by atoms with van der Waals surface area (Å²) in [5.41, 5.74) is -7.11. The SMILES string of the molecule is CCCC(C)S(C(C)C)=P([O-])([O-])[S-].CCCC(C)S(C(C)C)=P([O-])([O-])[S-].[Zn+2].[Zn+2].[Zn+2]. The molecule has 29 heavy (non-hydrogen) atoms. The van der Waals surface area contributed by atoms with E-state index in [9.17, 15) is 19.6 Å². The van der Waals surface area contributed by atoms with Crippen LogP contribution in [0.2, 0.25) is 0 Å². The van der Waals surface area contributed by atoms with Crippen LogP contribution >= 0.6 is 11.4 Å². The zero-order chi connectivity index (χ0) is 21.3. The smallest absolute Gasteiger partial charge is 0.854 e. The number of hydrogen-bond donors (Lipinski definition) is 0. The van der Waals surface area contributed by atoms with Crippen LogP contribution in [0, 0.1) is 0 Å². The first kappa shape index (κ1) is 43.1. The molecule has 4 unspecified atom stereocenters. The van der Waals surface area contributed by atoms with Gasteiger partial charge in [-0.05, 0) is 33.8 Å². The van der Waals surface area contributed by atoms with Crippen molar-refractivity contribution in [3.63, 3.8) is 0 Å². The fraction of sp³-hybridized carbons (Fsp3) is 1.00. The van der Waals surface area contributed by atoms with Crippen molar-refractivity contribution >= 4 is 56.0 Å². The summed E-state index contributed by atoms with van der Waals surface area (Å²) in [6.45, 7) is 15.9. The maximum atomic E-state index is 11.3. The van der Waals surface area contributed by atoms with Gasteiger partial charge in [0.1, 0.15) is 0 Å². The first-order valence-electron chi connectivity index (χ1n) is 9.10. The van der Waals surface area contributed by atoms with Crippen molar-refractivity contribution < 1.29 is 78.0 Å². The Hall–Kier alpha value is 3.97. The molecular weight excluding hydrogens is 643 g/mol. The summed E-state index contributed by atoms with van der Waals surface area (Å²) >= 11 is 9.17. The molecule has 0 heterocycles. The molecule has 4 nitrogen and oxygen atoms in total. The molecule has 164 valence electrons. The van der Waals surface area contributed by atoms with Crippen molar-refractivity contribution in [3.8, 4) is 0 Å². The summed E-state index contributed by atoms with van der Waals surface area (Å²) in [4.78, 5) is 45.4. The van der Waals surface area contributed by atoms with Gasteiger partial charge >= 0.3 is 58.4 Å². The molecule has 0 spiro atoms. The van der Waals surface area contributed by atoms with Gasteiger partial charge in [0, 0.05) is 0 Å². The Kier molecular flexibility index (Phi) is 31.6. The molecule has 0 bridgehead atoms. The third-order valence-electron chi connectivity index (χ3n) is 3.70. The van der Waals surface area contributed by atoms with Crippen molar-refractivity contribution in [1.29, 1.82) is 0 Å². The van der Waals surface area contributed by atoms with Crippen LogP contribution in [0.25, 0.3) is 0 Å². The fourth-order valence-electron chi connectivity index (χ4n) is 2.94. The van der Waals surface area contributed by atoms with Gasteiger partial charge in [0.15, 0.2) is 0 Å². The maximum Gasteiger partial charge on any atom is 2.00 e. The van der Waals surface area contributed by atoms with E-state index in [4.69, 9.17) is 0 Å². The number of hydrogen-bond acceptors (Lipinski definition) is 6. The molecule has 0 aliphatic carbocycles. The van der Waals surface area contributed by atoms with E-state index >= 15 is 0 Å². The maximum absolute atomic E-state index is 11.3. The second kappa shape index (κ2) is 21.3. The molecule has 0 aromatic rings. The van der Waals surface area contributed by atoms with Crippen molar-refractivity contribution in [3.05, 3.63) is 0 Å². The quantitative estimate of drug-likeness (QED) is 0.223. The predicted molar refractivity (Wildman–Crippen MR) is 122 cm³/mol. The van der Waals surface area contributed by atoms with Crippen LogP contribution in [0.15, 0.2) is 0 Å². The van der Waals surface area contributed by atoms with E-state index in [1.54, 1.807) is 0 Å². The topological polar surface area (TPSA) is 92.2 Å². The van der Waals surface area contributed by atoms with Crippen molar-refractivity contribution in [2.75, 3.05) is 0 Å². The molecule has 13 heteroatoms. The molecule has 0 aromatic carbocycles. The monoisotopic (exact) mass is 674 g/mol. The van der Waals surface area contributed by atoms with Gasteiger partial charge in [0.2, 0.25) is 0 Å². The van der Waals surface area contributed by atoms with Gasteiger partial charge in [0.25, 0.3) is 0 Å². The minimum absolute atomic E-state index is 0. The standard InChI is InChI=1S/2C8H18O2PS2.3Zn/c2*1-5-6-8(4)13(7(2)3)11(9,10)12;;;/h2*7-8H,5-6H2,1-4H3;;;/q2*-3;3*+2. The molecule has 4 atom stereocenters. The van der Waals surface area contributed by atoms with Gasteiger partial charge in [-0.1, -0.05) is 68.2 Å². The normalized spacial score (nSPS) is 15.7.